The Morgan fingerprint density at radius 3 is 2.74 bits per heavy atom. The number of likely N-dealkylation sites (tertiary alicyclic amines) is 1. The van der Waals surface area contributed by atoms with Crippen LogP contribution < -0.4 is 10.3 Å². The topological polar surface area (TPSA) is 82.3 Å². The molecule has 1 aliphatic heterocycles. The molecule has 4 aromatic rings. The molecule has 1 saturated heterocycles. The van der Waals surface area contributed by atoms with Crippen molar-refractivity contribution in [3.63, 3.8) is 0 Å². The number of carbonyl (C=O) groups excluding carboxylic acids is 1. The molecule has 198 valence electrons. The molecule has 8 nitrogen and oxygen atoms in total. The smallest absolute Gasteiger partial charge is 0.255 e. The minimum Gasteiger partial charge on any atom is -0.491 e. The van der Waals surface area contributed by atoms with Gasteiger partial charge in [0.05, 0.1) is 33.4 Å². The first kappa shape index (κ1) is 26.3. The second-order valence-corrected chi connectivity index (χ2v) is 11.1. The summed E-state index contributed by atoms with van der Waals surface area (Å²) in [6, 6.07) is 14.2. The van der Waals surface area contributed by atoms with Gasteiger partial charge in [-0.1, -0.05) is 29.3 Å². The summed E-state index contributed by atoms with van der Waals surface area (Å²) in [5.41, 5.74) is 2.04. The number of ketones is 1. The number of Topliss-reactive ketones (excluding diaryl/α,β-unsaturated/α-hetero) is 1. The van der Waals surface area contributed by atoms with E-state index in [4.69, 9.17) is 16.3 Å². The molecule has 1 fully saturated rings. The average molecular weight is 552 g/mol. The molecule has 10 heteroatoms. The number of benzene rings is 1. The van der Waals surface area contributed by atoms with Gasteiger partial charge in [-0.25, -0.2) is 4.68 Å². The molecule has 3 aromatic heterocycles. The summed E-state index contributed by atoms with van der Waals surface area (Å²) >= 11 is 7.24. The van der Waals surface area contributed by atoms with Crippen molar-refractivity contribution in [3.8, 4) is 17.1 Å². The van der Waals surface area contributed by atoms with Gasteiger partial charge in [-0.15, -0.1) is 16.4 Å². The van der Waals surface area contributed by atoms with Crippen molar-refractivity contribution in [1.29, 1.82) is 0 Å². The minimum atomic E-state index is -0.115. The van der Waals surface area contributed by atoms with E-state index in [1.165, 1.54) is 36.7 Å². The van der Waals surface area contributed by atoms with Gasteiger partial charge in [-0.3, -0.25) is 14.2 Å². The fraction of sp³-hybridized carbons (Fsp3) is 0.357. The molecule has 0 unspecified atom stereocenters. The highest BCUT2D eigenvalue weighted by Crippen LogP contribution is 2.27. The van der Waals surface area contributed by atoms with Gasteiger partial charge in [-0.05, 0) is 62.7 Å². The maximum atomic E-state index is 12.5. The van der Waals surface area contributed by atoms with Gasteiger partial charge >= 0.3 is 0 Å². The van der Waals surface area contributed by atoms with E-state index in [0.29, 0.717) is 45.8 Å². The zero-order valence-corrected chi connectivity index (χ0v) is 22.7. The lowest BCUT2D eigenvalue weighted by molar-refractivity contribution is 0.0986. The van der Waals surface area contributed by atoms with Crippen LogP contribution >= 0.6 is 22.9 Å². The van der Waals surface area contributed by atoms with Crippen LogP contribution in [0.3, 0.4) is 0 Å². The van der Waals surface area contributed by atoms with Crippen molar-refractivity contribution in [1.82, 2.24) is 24.5 Å². The van der Waals surface area contributed by atoms with Gasteiger partial charge in [0, 0.05) is 37.7 Å². The van der Waals surface area contributed by atoms with Crippen LogP contribution in [0.4, 0.5) is 0 Å². The van der Waals surface area contributed by atoms with E-state index in [2.05, 4.69) is 15.2 Å². The monoisotopic (exact) mass is 551 g/mol. The van der Waals surface area contributed by atoms with Gasteiger partial charge in [0.2, 0.25) is 0 Å². The van der Waals surface area contributed by atoms with Gasteiger partial charge in [0.25, 0.3) is 5.56 Å². The lowest BCUT2D eigenvalue weighted by Crippen LogP contribution is -2.31. The van der Waals surface area contributed by atoms with Gasteiger partial charge in [0.15, 0.2) is 5.78 Å². The number of aromatic nitrogens is 4. The van der Waals surface area contributed by atoms with Crippen LogP contribution in [0, 0.1) is 0 Å². The van der Waals surface area contributed by atoms with Crippen molar-refractivity contribution in [2.45, 2.75) is 38.5 Å². The Hall–Kier alpha value is -3.27. The number of nitrogens with zero attached hydrogens (tertiary/aromatic N) is 5. The number of halogens is 1. The molecule has 0 saturated carbocycles. The third kappa shape index (κ3) is 6.59. The normalized spacial score (nSPS) is 14.0. The van der Waals surface area contributed by atoms with Crippen molar-refractivity contribution in [2.75, 3.05) is 26.2 Å². The average Bonchev–Trinajstić information content (AvgIpc) is 3.60. The number of piperidine rings is 1. The third-order valence-corrected chi connectivity index (χ3v) is 7.89. The van der Waals surface area contributed by atoms with Gasteiger partial charge in [-0.2, -0.15) is 0 Å². The van der Waals surface area contributed by atoms with Crippen molar-refractivity contribution in [3.05, 3.63) is 86.2 Å². The predicted octanol–water partition coefficient (Wildman–Crippen LogP) is 5.20. The molecule has 38 heavy (non-hydrogen) atoms. The fourth-order valence-electron chi connectivity index (χ4n) is 4.61. The highest BCUT2D eigenvalue weighted by molar-refractivity contribution is 7.18. The molecule has 0 aliphatic carbocycles. The Morgan fingerprint density at radius 1 is 1.08 bits per heavy atom. The van der Waals surface area contributed by atoms with Crippen molar-refractivity contribution in [2.24, 2.45) is 0 Å². The van der Waals surface area contributed by atoms with Crippen LogP contribution in [0.15, 0.2) is 65.7 Å². The van der Waals surface area contributed by atoms with E-state index < -0.39 is 0 Å². The Kier molecular flexibility index (Phi) is 8.68. The quantitative estimate of drug-likeness (QED) is 0.188. The Morgan fingerprint density at radius 2 is 1.95 bits per heavy atom. The number of hydrogen-bond acceptors (Lipinski definition) is 7. The standard InChI is InChI=1S/C28H30ClN5O3S/c29-27-13-12-26(38-27)24(35)11-8-21-20-34(31-30-21)23-10-9-22(33-17-5-2-7-28(33)36)19-25(23)37-18-6-16-32-14-3-1-4-15-32/h2,5,7,9-10,12-13,17,19-20H,1,3-4,6,8,11,14-16,18H2. The molecule has 1 aliphatic rings. The van der Waals surface area contributed by atoms with Crippen LogP contribution in [0.5, 0.6) is 5.75 Å². The van der Waals surface area contributed by atoms with E-state index in [0.717, 1.165) is 31.7 Å². The van der Waals surface area contributed by atoms with Crippen LogP contribution in [0.25, 0.3) is 11.4 Å². The zero-order chi connectivity index (χ0) is 26.3. The number of hydrogen-bond donors (Lipinski definition) is 0. The molecular weight excluding hydrogens is 522 g/mol. The summed E-state index contributed by atoms with van der Waals surface area (Å²) in [5, 5.41) is 8.58. The molecule has 1 aromatic carbocycles. The molecule has 0 N–H and O–H groups in total. The molecule has 5 rings (SSSR count). The number of pyridine rings is 1. The molecule has 0 radical (unpaired) electrons. The highest BCUT2D eigenvalue weighted by Gasteiger charge is 2.15. The molecule has 0 bridgehead atoms. The van der Waals surface area contributed by atoms with Gasteiger partial charge < -0.3 is 9.64 Å². The SMILES string of the molecule is O=C(CCc1cn(-c2ccc(-n3ccccc3=O)cc2OCCCN2CCCCC2)nn1)c1ccc(Cl)s1. The fourth-order valence-corrected chi connectivity index (χ4v) is 5.62. The van der Waals surface area contributed by atoms with E-state index >= 15 is 0 Å². The molecule has 0 spiro atoms. The van der Waals surface area contributed by atoms with Crippen molar-refractivity contribution >= 4 is 28.7 Å². The largest absolute Gasteiger partial charge is 0.491 e. The summed E-state index contributed by atoms with van der Waals surface area (Å²) in [7, 11) is 0. The summed E-state index contributed by atoms with van der Waals surface area (Å²) in [5.74, 6) is 0.657. The van der Waals surface area contributed by atoms with E-state index in [-0.39, 0.29) is 11.3 Å². The summed E-state index contributed by atoms with van der Waals surface area (Å²) < 4.78 is 10.1. The summed E-state index contributed by atoms with van der Waals surface area (Å²) in [6.45, 7) is 3.86. The van der Waals surface area contributed by atoms with Crippen LogP contribution in [0.2, 0.25) is 4.34 Å². The van der Waals surface area contributed by atoms with E-state index in [1.54, 1.807) is 33.6 Å². The molecular formula is C28H30ClN5O3S. The van der Waals surface area contributed by atoms with Crippen LogP contribution in [0.1, 0.15) is 47.5 Å². The second kappa shape index (κ2) is 12.5. The third-order valence-electron chi connectivity index (χ3n) is 6.61. The Labute approximate surface area is 230 Å². The number of thiophene rings is 1. The molecule has 4 heterocycles. The summed E-state index contributed by atoms with van der Waals surface area (Å²) in [6.07, 6.45) is 9.11. The van der Waals surface area contributed by atoms with E-state index in [1.807, 2.05) is 30.5 Å². The van der Waals surface area contributed by atoms with E-state index in [9.17, 15) is 9.59 Å². The molecule has 0 amide bonds. The number of ether oxygens (including phenoxy) is 1. The van der Waals surface area contributed by atoms with Crippen LogP contribution in [-0.4, -0.2) is 56.5 Å². The lowest BCUT2D eigenvalue weighted by Gasteiger charge is -2.26. The Balaban J connectivity index is 1.31. The summed E-state index contributed by atoms with van der Waals surface area (Å²) in [4.78, 5) is 28.0. The van der Waals surface area contributed by atoms with Gasteiger partial charge in [0.1, 0.15) is 11.4 Å². The zero-order valence-electron chi connectivity index (χ0n) is 21.1. The second-order valence-electron chi connectivity index (χ2n) is 9.35. The van der Waals surface area contributed by atoms with Crippen LogP contribution in [-0.2, 0) is 6.42 Å². The van der Waals surface area contributed by atoms with Crippen molar-refractivity contribution < 1.29 is 9.53 Å². The Bertz CT molecular complexity index is 1440. The minimum absolute atomic E-state index is 0.0341. The lowest BCUT2D eigenvalue weighted by atomic mass is 10.1. The first-order chi connectivity index (χ1) is 18.6. The maximum Gasteiger partial charge on any atom is 0.255 e. The number of aryl methyl sites for hydroxylation is 1. The number of rotatable bonds is 11. The molecule has 0 atom stereocenters. The first-order valence-electron chi connectivity index (χ1n) is 12.9. The highest BCUT2D eigenvalue weighted by atomic mass is 35.5. The maximum absolute atomic E-state index is 12.5. The first-order valence-corrected chi connectivity index (χ1v) is 14.1. The number of carbonyl (C=O) groups is 1. The predicted molar refractivity (Wildman–Crippen MR) is 149 cm³/mol.